The Morgan fingerprint density at radius 2 is 2.12 bits per heavy atom. The summed E-state index contributed by atoms with van der Waals surface area (Å²) >= 11 is 5.97. The smallest absolute Gasteiger partial charge is 0.159 e. The molecule has 0 saturated carbocycles. The fourth-order valence-electron chi connectivity index (χ4n) is 1.60. The highest BCUT2D eigenvalue weighted by molar-refractivity contribution is 6.30. The molecule has 0 unspecified atom stereocenters. The molecule has 0 aliphatic heterocycles. The molecule has 2 aromatic heterocycles. The Labute approximate surface area is 99.3 Å². The molecule has 5 heteroatoms. The van der Waals surface area contributed by atoms with E-state index in [9.17, 15) is 0 Å². The molecule has 4 nitrogen and oxygen atoms in total. The third-order valence-corrected chi connectivity index (χ3v) is 2.80. The monoisotopic (exact) mass is 236 g/mol. The third-order valence-electron chi connectivity index (χ3n) is 2.41. The van der Waals surface area contributed by atoms with Gasteiger partial charge in [-0.05, 0) is 13.3 Å². The van der Waals surface area contributed by atoms with E-state index in [4.69, 9.17) is 11.6 Å². The first kappa shape index (κ1) is 11.1. The van der Waals surface area contributed by atoms with Gasteiger partial charge >= 0.3 is 0 Å². The molecule has 2 heterocycles. The SMILES string of the molecule is CCCn1ccnc1-c1ncnc(Cl)c1C. The normalized spacial score (nSPS) is 10.7. The number of aryl methyl sites for hydroxylation is 1. The van der Waals surface area contributed by atoms with E-state index in [-0.39, 0.29) is 0 Å². The zero-order chi connectivity index (χ0) is 11.5. The quantitative estimate of drug-likeness (QED) is 0.770. The molecule has 2 aromatic rings. The maximum Gasteiger partial charge on any atom is 0.159 e. The standard InChI is InChI=1S/C11H13ClN4/c1-3-5-16-6-4-13-11(16)9-8(2)10(12)15-7-14-9/h4,6-7H,3,5H2,1-2H3. The Morgan fingerprint density at radius 3 is 2.88 bits per heavy atom. The van der Waals surface area contributed by atoms with Gasteiger partial charge in [0, 0.05) is 24.5 Å². The summed E-state index contributed by atoms with van der Waals surface area (Å²) in [5.74, 6) is 0.851. The van der Waals surface area contributed by atoms with Crippen molar-refractivity contribution in [2.24, 2.45) is 0 Å². The zero-order valence-electron chi connectivity index (χ0n) is 9.31. The lowest BCUT2D eigenvalue weighted by Gasteiger charge is -2.08. The summed E-state index contributed by atoms with van der Waals surface area (Å²) in [7, 11) is 0. The fourth-order valence-corrected chi connectivity index (χ4v) is 1.73. The number of rotatable bonds is 3. The van der Waals surface area contributed by atoms with Gasteiger partial charge in [0.25, 0.3) is 0 Å². The minimum Gasteiger partial charge on any atom is -0.330 e. The first-order valence-electron chi connectivity index (χ1n) is 5.22. The number of aromatic nitrogens is 4. The van der Waals surface area contributed by atoms with Crippen molar-refractivity contribution < 1.29 is 0 Å². The average Bonchev–Trinajstić information content (AvgIpc) is 2.71. The number of nitrogens with zero attached hydrogens (tertiary/aromatic N) is 4. The molecule has 0 atom stereocenters. The molecule has 16 heavy (non-hydrogen) atoms. The number of halogens is 1. The molecule has 0 spiro atoms. The van der Waals surface area contributed by atoms with Gasteiger partial charge < -0.3 is 4.57 Å². The van der Waals surface area contributed by atoms with Gasteiger partial charge in [-0.2, -0.15) is 0 Å². The summed E-state index contributed by atoms with van der Waals surface area (Å²) in [6.45, 7) is 4.96. The van der Waals surface area contributed by atoms with Gasteiger partial charge in [-0.25, -0.2) is 15.0 Å². The van der Waals surface area contributed by atoms with Crippen molar-refractivity contribution in [3.8, 4) is 11.5 Å². The van der Waals surface area contributed by atoms with E-state index in [0.29, 0.717) is 5.15 Å². The van der Waals surface area contributed by atoms with Crippen LogP contribution in [0.1, 0.15) is 18.9 Å². The molecule has 0 aliphatic rings. The molecule has 0 N–H and O–H groups in total. The summed E-state index contributed by atoms with van der Waals surface area (Å²) in [5, 5.41) is 0.482. The zero-order valence-corrected chi connectivity index (χ0v) is 10.1. The van der Waals surface area contributed by atoms with Gasteiger partial charge in [0.05, 0.1) is 0 Å². The van der Waals surface area contributed by atoms with E-state index in [0.717, 1.165) is 30.0 Å². The lowest BCUT2D eigenvalue weighted by Crippen LogP contribution is -2.02. The van der Waals surface area contributed by atoms with E-state index in [1.807, 2.05) is 13.1 Å². The summed E-state index contributed by atoms with van der Waals surface area (Å²) in [4.78, 5) is 12.5. The second-order valence-electron chi connectivity index (χ2n) is 3.58. The highest BCUT2D eigenvalue weighted by atomic mass is 35.5. The lowest BCUT2D eigenvalue weighted by molar-refractivity contribution is 0.683. The molecule has 0 aromatic carbocycles. The van der Waals surface area contributed by atoms with Crippen LogP contribution in [0.4, 0.5) is 0 Å². The van der Waals surface area contributed by atoms with Gasteiger partial charge in [-0.1, -0.05) is 18.5 Å². The summed E-state index contributed by atoms with van der Waals surface area (Å²) in [6.07, 6.45) is 6.26. The van der Waals surface area contributed by atoms with Crippen molar-refractivity contribution in [3.05, 3.63) is 29.4 Å². The minimum atomic E-state index is 0.482. The van der Waals surface area contributed by atoms with Crippen molar-refractivity contribution in [2.45, 2.75) is 26.8 Å². The topological polar surface area (TPSA) is 43.6 Å². The molecule has 0 fully saturated rings. The Balaban J connectivity index is 2.50. The van der Waals surface area contributed by atoms with Gasteiger partial charge in [0.15, 0.2) is 5.82 Å². The van der Waals surface area contributed by atoms with E-state index < -0.39 is 0 Å². The maximum atomic E-state index is 5.97. The average molecular weight is 237 g/mol. The Bertz CT molecular complexity index is 492. The predicted molar refractivity (Wildman–Crippen MR) is 63.3 cm³/mol. The van der Waals surface area contributed by atoms with Crippen LogP contribution in [0.5, 0.6) is 0 Å². The van der Waals surface area contributed by atoms with Crippen LogP contribution in [0.2, 0.25) is 5.15 Å². The van der Waals surface area contributed by atoms with Crippen LogP contribution in [0.3, 0.4) is 0 Å². The second-order valence-corrected chi connectivity index (χ2v) is 3.94. The van der Waals surface area contributed by atoms with Crippen molar-refractivity contribution in [1.82, 2.24) is 19.5 Å². The van der Waals surface area contributed by atoms with Crippen LogP contribution in [0, 0.1) is 6.92 Å². The number of hydrogen-bond acceptors (Lipinski definition) is 3. The van der Waals surface area contributed by atoms with Crippen LogP contribution in [-0.4, -0.2) is 19.5 Å². The van der Waals surface area contributed by atoms with Gasteiger partial charge in [0.2, 0.25) is 0 Å². The third kappa shape index (κ3) is 1.93. The predicted octanol–water partition coefficient (Wildman–Crippen LogP) is 2.71. The molecule has 0 amide bonds. The molecular weight excluding hydrogens is 224 g/mol. The Morgan fingerprint density at radius 1 is 1.31 bits per heavy atom. The highest BCUT2D eigenvalue weighted by Gasteiger charge is 2.12. The van der Waals surface area contributed by atoms with Crippen LogP contribution < -0.4 is 0 Å². The highest BCUT2D eigenvalue weighted by Crippen LogP contribution is 2.23. The molecule has 2 rings (SSSR count). The fraction of sp³-hybridized carbons (Fsp3) is 0.364. The molecular formula is C11H13ClN4. The van der Waals surface area contributed by atoms with Crippen molar-refractivity contribution in [2.75, 3.05) is 0 Å². The Kier molecular flexibility index (Phi) is 3.19. The van der Waals surface area contributed by atoms with Crippen LogP contribution >= 0.6 is 11.6 Å². The molecule has 0 radical (unpaired) electrons. The lowest BCUT2D eigenvalue weighted by atomic mass is 10.2. The summed E-state index contributed by atoms with van der Waals surface area (Å²) < 4.78 is 2.08. The molecule has 0 saturated heterocycles. The van der Waals surface area contributed by atoms with Crippen molar-refractivity contribution in [1.29, 1.82) is 0 Å². The van der Waals surface area contributed by atoms with Gasteiger partial charge in [0.1, 0.15) is 17.2 Å². The van der Waals surface area contributed by atoms with Crippen LogP contribution in [0.15, 0.2) is 18.7 Å². The van der Waals surface area contributed by atoms with Gasteiger partial charge in [-0.3, -0.25) is 0 Å². The van der Waals surface area contributed by atoms with E-state index in [1.54, 1.807) is 6.20 Å². The van der Waals surface area contributed by atoms with E-state index >= 15 is 0 Å². The largest absolute Gasteiger partial charge is 0.330 e. The summed E-state index contributed by atoms with van der Waals surface area (Å²) in [5.41, 5.74) is 1.67. The molecule has 0 bridgehead atoms. The van der Waals surface area contributed by atoms with E-state index in [1.165, 1.54) is 6.33 Å². The first-order valence-corrected chi connectivity index (χ1v) is 5.60. The van der Waals surface area contributed by atoms with Crippen molar-refractivity contribution in [3.63, 3.8) is 0 Å². The number of hydrogen-bond donors (Lipinski definition) is 0. The van der Waals surface area contributed by atoms with Gasteiger partial charge in [-0.15, -0.1) is 0 Å². The minimum absolute atomic E-state index is 0.482. The molecule has 0 aliphatic carbocycles. The maximum absolute atomic E-state index is 5.97. The Hall–Kier alpha value is -1.42. The van der Waals surface area contributed by atoms with Crippen LogP contribution in [-0.2, 0) is 6.54 Å². The van der Waals surface area contributed by atoms with Crippen LogP contribution in [0.25, 0.3) is 11.5 Å². The number of imidazole rings is 1. The van der Waals surface area contributed by atoms with Crippen molar-refractivity contribution >= 4 is 11.6 Å². The second kappa shape index (κ2) is 4.61. The first-order chi connectivity index (χ1) is 7.74. The van der Waals surface area contributed by atoms with E-state index in [2.05, 4.69) is 26.4 Å². The summed E-state index contributed by atoms with van der Waals surface area (Å²) in [6, 6.07) is 0. The molecule has 84 valence electrons.